The largest absolute Gasteiger partial charge is 0.394 e. The number of hydrogen-bond acceptors (Lipinski definition) is 4. The molecule has 0 aliphatic carbocycles. The number of carbonyl (C=O) groups is 1. The summed E-state index contributed by atoms with van der Waals surface area (Å²) >= 11 is 0. The number of aliphatic hydroxyl groups is 1. The Labute approximate surface area is 134 Å². The number of nitrogens with one attached hydrogen (secondary N) is 1. The standard InChI is InChI=1S/C16H32N4O2/c1-2-18-10-12-19(13-11-18)8-4-3-7-17-16(22)20-9-5-6-15(20)14-21/h15,21H,2-14H2,1H3,(H,17,22). The van der Waals surface area contributed by atoms with Crippen molar-refractivity contribution >= 4 is 6.03 Å². The number of aliphatic hydroxyl groups excluding tert-OH is 1. The zero-order chi connectivity index (χ0) is 15.8. The van der Waals surface area contributed by atoms with E-state index in [-0.39, 0.29) is 18.7 Å². The van der Waals surface area contributed by atoms with Crippen LogP contribution in [0.3, 0.4) is 0 Å². The van der Waals surface area contributed by atoms with Crippen LogP contribution in [0.15, 0.2) is 0 Å². The minimum absolute atomic E-state index is 0.00638. The molecule has 6 nitrogen and oxygen atoms in total. The zero-order valence-electron chi connectivity index (χ0n) is 14.0. The Morgan fingerprint density at radius 1 is 1.14 bits per heavy atom. The molecule has 1 atom stereocenters. The number of carbonyl (C=O) groups excluding carboxylic acids is 1. The van der Waals surface area contributed by atoms with Gasteiger partial charge in [0.2, 0.25) is 0 Å². The van der Waals surface area contributed by atoms with E-state index in [0.717, 1.165) is 51.9 Å². The van der Waals surface area contributed by atoms with E-state index in [9.17, 15) is 9.90 Å². The molecule has 0 aromatic rings. The van der Waals surface area contributed by atoms with Gasteiger partial charge in [-0.1, -0.05) is 6.92 Å². The van der Waals surface area contributed by atoms with Crippen molar-refractivity contribution in [1.29, 1.82) is 0 Å². The Bertz CT molecular complexity index is 332. The average Bonchev–Trinajstić information content (AvgIpc) is 3.03. The lowest BCUT2D eigenvalue weighted by atomic mass is 10.2. The van der Waals surface area contributed by atoms with Gasteiger partial charge in [0.25, 0.3) is 0 Å². The molecule has 0 saturated carbocycles. The van der Waals surface area contributed by atoms with Gasteiger partial charge in [-0.05, 0) is 38.8 Å². The van der Waals surface area contributed by atoms with Gasteiger partial charge in [0, 0.05) is 39.3 Å². The number of piperazine rings is 1. The van der Waals surface area contributed by atoms with E-state index in [4.69, 9.17) is 0 Å². The molecule has 2 saturated heterocycles. The van der Waals surface area contributed by atoms with Crippen LogP contribution >= 0.6 is 0 Å². The van der Waals surface area contributed by atoms with E-state index in [1.54, 1.807) is 4.90 Å². The van der Waals surface area contributed by atoms with Crippen LogP contribution < -0.4 is 5.32 Å². The number of nitrogens with zero attached hydrogens (tertiary/aromatic N) is 3. The molecule has 2 aliphatic rings. The first-order valence-corrected chi connectivity index (χ1v) is 8.84. The number of rotatable bonds is 7. The van der Waals surface area contributed by atoms with E-state index in [0.29, 0.717) is 0 Å². The number of hydrogen-bond donors (Lipinski definition) is 2. The summed E-state index contributed by atoms with van der Waals surface area (Å²) in [4.78, 5) is 18.8. The normalized spacial score (nSPS) is 23.9. The smallest absolute Gasteiger partial charge is 0.317 e. The van der Waals surface area contributed by atoms with E-state index in [1.807, 2.05) is 0 Å². The van der Waals surface area contributed by atoms with Gasteiger partial charge in [0.05, 0.1) is 12.6 Å². The van der Waals surface area contributed by atoms with Crippen molar-refractivity contribution in [2.75, 3.05) is 59.0 Å². The molecule has 2 heterocycles. The van der Waals surface area contributed by atoms with Crippen molar-refractivity contribution in [3.8, 4) is 0 Å². The van der Waals surface area contributed by atoms with Crippen LogP contribution in [0.5, 0.6) is 0 Å². The molecule has 2 rings (SSSR count). The third-order valence-electron chi connectivity index (χ3n) is 4.94. The van der Waals surface area contributed by atoms with Crippen molar-refractivity contribution in [2.45, 2.75) is 38.6 Å². The Hall–Kier alpha value is -0.850. The van der Waals surface area contributed by atoms with Gasteiger partial charge in [-0.2, -0.15) is 0 Å². The van der Waals surface area contributed by atoms with Gasteiger partial charge in [-0.25, -0.2) is 4.79 Å². The predicted octanol–water partition coefficient (Wildman–Crippen LogP) is 0.570. The first-order chi connectivity index (χ1) is 10.7. The zero-order valence-corrected chi connectivity index (χ0v) is 14.0. The number of amides is 2. The Morgan fingerprint density at radius 3 is 2.55 bits per heavy atom. The van der Waals surface area contributed by atoms with E-state index in [2.05, 4.69) is 22.0 Å². The highest BCUT2D eigenvalue weighted by molar-refractivity contribution is 5.74. The molecule has 0 aromatic heterocycles. The van der Waals surface area contributed by atoms with Crippen molar-refractivity contribution in [3.05, 3.63) is 0 Å². The monoisotopic (exact) mass is 312 g/mol. The van der Waals surface area contributed by atoms with Crippen LogP contribution in [0.4, 0.5) is 4.79 Å². The molecule has 6 heteroatoms. The van der Waals surface area contributed by atoms with Gasteiger partial charge in [-0.15, -0.1) is 0 Å². The van der Waals surface area contributed by atoms with E-state index >= 15 is 0 Å². The minimum Gasteiger partial charge on any atom is -0.394 e. The maximum absolute atomic E-state index is 12.0. The minimum atomic E-state index is -0.00638. The number of likely N-dealkylation sites (N-methyl/N-ethyl adjacent to an activating group) is 1. The summed E-state index contributed by atoms with van der Waals surface area (Å²) in [5.41, 5.74) is 0. The van der Waals surface area contributed by atoms with E-state index < -0.39 is 0 Å². The first kappa shape index (κ1) is 17.5. The second kappa shape index (κ2) is 9.33. The van der Waals surface area contributed by atoms with Crippen LogP contribution in [-0.2, 0) is 0 Å². The highest BCUT2D eigenvalue weighted by Gasteiger charge is 2.27. The predicted molar refractivity (Wildman–Crippen MR) is 88.0 cm³/mol. The lowest BCUT2D eigenvalue weighted by Gasteiger charge is -2.34. The summed E-state index contributed by atoms with van der Waals surface area (Å²) in [6.07, 6.45) is 4.09. The Morgan fingerprint density at radius 2 is 1.86 bits per heavy atom. The highest BCUT2D eigenvalue weighted by Crippen LogP contribution is 2.16. The summed E-state index contributed by atoms with van der Waals surface area (Å²) in [6, 6.07) is 0.0166. The van der Waals surface area contributed by atoms with Crippen molar-refractivity contribution in [1.82, 2.24) is 20.0 Å². The van der Waals surface area contributed by atoms with Gasteiger partial charge in [-0.3, -0.25) is 0 Å². The number of unbranched alkanes of at least 4 members (excludes halogenated alkanes) is 1. The third kappa shape index (κ3) is 5.11. The molecule has 128 valence electrons. The summed E-state index contributed by atoms with van der Waals surface area (Å²) in [7, 11) is 0. The van der Waals surface area contributed by atoms with Gasteiger partial charge in [0.1, 0.15) is 0 Å². The molecule has 0 radical (unpaired) electrons. The molecule has 0 aromatic carbocycles. The maximum atomic E-state index is 12.0. The molecule has 2 amide bonds. The third-order valence-corrected chi connectivity index (χ3v) is 4.94. The molecular weight excluding hydrogens is 280 g/mol. The SMILES string of the molecule is CCN1CCN(CCCCNC(=O)N2CCCC2CO)CC1. The van der Waals surface area contributed by atoms with Crippen LogP contribution in [-0.4, -0.2) is 90.8 Å². The highest BCUT2D eigenvalue weighted by atomic mass is 16.3. The quantitative estimate of drug-likeness (QED) is 0.675. The molecule has 0 spiro atoms. The fraction of sp³-hybridized carbons (Fsp3) is 0.938. The maximum Gasteiger partial charge on any atom is 0.317 e. The van der Waals surface area contributed by atoms with Crippen LogP contribution in [0.2, 0.25) is 0 Å². The van der Waals surface area contributed by atoms with Gasteiger partial charge in [0.15, 0.2) is 0 Å². The fourth-order valence-electron chi connectivity index (χ4n) is 3.38. The first-order valence-electron chi connectivity index (χ1n) is 8.84. The molecule has 1 unspecified atom stereocenters. The molecular formula is C16H32N4O2. The summed E-state index contributed by atoms with van der Waals surface area (Å²) in [5, 5.41) is 12.2. The Kier molecular flexibility index (Phi) is 7.42. The van der Waals surface area contributed by atoms with Gasteiger partial charge < -0.3 is 25.1 Å². The second-order valence-electron chi connectivity index (χ2n) is 6.39. The van der Waals surface area contributed by atoms with Crippen LogP contribution in [0.1, 0.15) is 32.6 Å². The number of urea groups is 1. The molecule has 2 fully saturated rings. The van der Waals surface area contributed by atoms with Gasteiger partial charge >= 0.3 is 6.03 Å². The molecule has 2 N–H and O–H groups in total. The molecule has 22 heavy (non-hydrogen) atoms. The van der Waals surface area contributed by atoms with Crippen molar-refractivity contribution in [2.24, 2.45) is 0 Å². The molecule has 2 aliphatic heterocycles. The summed E-state index contributed by atoms with van der Waals surface area (Å²) in [5.74, 6) is 0. The van der Waals surface area contributed by atoms with Crippen molar-refractivity contribution < 1.29 is 9.90 Å². The average molecular weight is 312 g/mol. The lowest BCUT2D eigenvalue weighted by Crippen LogP contribution is -2.46. The summed E-state index contributed by atoms with van der Waals surface area (Å²) < 4.78 is 0. The second-order valence-corrected chi connectivity index (χ2v) is 6.39. The fourth-order valence-corrected chi connectivity index (χ4v) is 3.38. The van der Waals surface area contributed by atoms with Crippen LogP contribution in [0, 0.1) is 0 Å². The van der Waals surface area contributed by atoms with E-state index in [1.165, 1.54) is 26.2 Å². The Balaban J connectivity index is 1.51. The number of likely N-dealkylation sites (tertiary alicyclic amines) is 1. The van der Waals surface area contributed by atoms with Crippen LogP contribution in [0.25, 0.3) is 0 Å². The molecule has 0 bridgehead atoms. The topological polar surface area (TPSA) is 59.0 Å². The lowest BCUT2D eigenvalue weighted by molar-refractivity contribution is 0.135. The summed E-state index contributed by atoms with van der Waals surface area (Å²) in [6.45, 7) is 10.8. The van der Waals surface area contributed by atoms with Crippen molar-refractivity contribution in [3.63, 3.8) is 0 Å².